The lowest BCUT2D eigenvalue weighted by atomic mass is 10.1. The molecular formula is C16H17ClFNS. The molecule has 0 amide bonds. The van der Waals surface area contributed by atoms with Crippen LogP contribution in [0.1, 0.15) is 17.2 Å². The van der Waals surface area contributed by atoms with Crippen molar-refractivity contribution in [3.05, 3.63) is 64.4 Å². The minimum Gasteiger partial charge on any atom is -0.312 e. The molecule has 4 heteroatoms. The van der Waals surface area contributed by atoms with E-state index in [1.165, 1.54) is 22.6 Å². The van der Waals surface area contributed by atoms with E-state index in [1.54, 1.807) is 17.8 Å². The molecule has 1 unspecified atom stereocenters. The fourth-order valence-corrected chi connectivity index (χ4v) is 3.39. The number of benzene rings is 2. The molecule has 0 saturated heterocycles. The minimum atomic E-state index is -0.259. The first-order valence-electron chi connectivity index (χ1n) is 6.42. The molecule has 0 aliphatic carbocycles. The van der Waals surface area contributed by atoms with Gasteiger partial charge in [-0.25, -0.2) is 4.39 Å². The van der Waals surface area contributed by atoms with Gasteiger partial charge in [-0.1, -0.05) is 29.3 Å². The summed E-state index contributed by atoms with van der Waals surface area (Å²) in [6.45, 7) is 2.07. The van der Waals surface area contributed by atoms with Gasteiger partial charge in [-0.15, -0.1) is 11.8 Å². The topological polar surface area (TPSA) is 12.0 Å². The van der Waals surface area contributed by atoms with Crippen molar-refractivity contribution in [2.45, 2.75) is 17.9 Å². The first kappa shape index (κ1) is 15.4. The smallest absolute Gasteiger partial charge is 0.123 e. The van der Waals surface area contributed by atoms with Gasteiger partial charge in [0.15, 0.2) is 0 Å². The molecule has 0 spiro atoms. The summed E-state index contributed by atoms with van der Waals surface area (Å²) >= 11 is 7.89. The second kappa shape index (κ2) is 7.11. The summed E-state index contributed by atoms with van der Waals surface area (Å²) in [6, 6.07) is 12.8. The molecule has 1 atom stereocenters. The lowest BCUT2D eigenvalue weighted by Crippen LogP contribution is -2.19. The summed E-state index contributed by atoms with van der Waals surface area (Å²) in [4.78, 5) is 1.21. The molecule has 0 aliphatic heterocycles. The molecule has 1 N–H and O–H groups in total. The Kier molecular flexibility index (Phi) is 5.46. The number of thioether (sulfide) groups is 1. The summed E-state index contributed by atoms with van der Waals surface area (Å²) in [5, 5.41) is 3.79. The standard InChI is InChI=1S/C16H17ClFNS/c1-11-4-3-5-13(8-11)20-10-16(19-2)14-9-12(18)6-7-15(14)17/h3-9,16,19H,10H2,1-2H3. The number of rotatable bonds is 5. The van der Waals surface area contributed by atoms with E-state index in [9.17, 15) is 4.39 Å². The van der Waals surface area contributed by atoms with Crippen LogP contribution in [0, 0.1) is 12.7 Å². The van der Waals surface area contributed by atoms with Crippen molar-refractivity contribution in [2.75, 3.05) is 12.8 Å². The van der Waals surface area contributed by atoms with Gasteiger partial charge in [-0.3, -0.25) is 0 Å². The van der Waals surface area contributed by atoms with Crippen molar-refractivity contribution in [3.8, 4) is 0 Å². The fraction of sp³-hybridized carbons (Fsp3) is 0.250. The zero-order valence-electron chi connectivity index (χ0n) is 11.5. The van der Waals surface area contributed by atoms with Gasteiger partial charge in [-0.05, 0) is 49.9 Å². The number of halogens is 2. The molecule has 0 fully saturated rings. The second-order valence-electron chi connectivity index (χ2n) is 4.63. The summed E-state index contributed by atoms with van der Waals surface area (Å²) in [5.74, 6) is 0.536. The molecule has 0 saturated carbocycles. The zero-order valence-corrected chi connectivity index (χ0v) is 13.1. The zero-order chi connectivity index (χ0) is 14.5. The van der Waals surface area contributed by atoms with Crippen molar-refractivity contribution < 1.29 is 4.39 Å². The van der Waals surface area contributed by atoms with Crippen LogP contribution in [0.5, 0.6) is 0 Å². The Morgan fingerprint density at radius 2 is 2.05 bits per heavy atom. The van der Waals surface area contributed by atoms with E-state index < -0.39 is 0 Å². The molecule has 106 valence electrons. The Morgan fingerprint density at radius 1 is 1.25 bits per heavy atom. The average molecular weight is 310 g/mol. The number of hydrogen-bond acceptors (Lipinski definition) is 2. The van der Waals surface area contributed by atoms with Gasteiger partial charge in [0.05, 0.1) is 0 Å². The summed E-state index contributed by atoms with van der Waals surface area (Å²) in [5.41, 5.74) is 2.04. The molecular weight excluding hydrogens is 293 g/mol. The Balaban J connectivity index is 2.11. The highest BCUT2D eigenvalue weighted by atomic mass is 35.5. The molecule has 0 aromatic heterocycles. The second-order valence-corrected chi connectivity index (χ2v) is 6.14. The van der Waals surface area contributed by atoms with E-state index in [0.717, 1.165) is 11.3 Å². The third-order valence-electron chi connectivity index (χ3n) is 3.09. The lowest BCUT2D eigenvalue weighted by molar-refractivity contribution is 0.611. The van der Waals surface area contributed by atoms with Crippen LogP contribution in [0.15, 0.2) is 47.4 Å². The van der Waals surface area contributed by atoms with Crippen molar-refractivity contribution >= 4 is 23.4 Å². The molecule has 0 aliphatic rings. The highest BCUT2D eigenvalue weighted by molar-refractivity contribution is 7.99. The predicted octanol–water partition coefficient (Wildman–Crippen LogP) is 4.84. The van der Waals surface area contributed by atoms with Crippen LogP contribution in [0.4, 0.5) is 4.39 Å². The van der Waals surface area contributed by atoms with Crippen molar-refractivity contribution in [3.63, 3.8) is 0 Å². The van der Waals surface area contributed by atoms with Crippen molar-refractivity contribution in [1.29, 1.82) is 0 Å². The summed E-state index contributed by atoms with van der Waals surface area (Å²) < 4.78 is 13.4. The molecule has 20 heavy (non-hydrogen) atoms. The Hall–Kier alpha value is -1.03. The molecule has 0 radical (unpaired) electrons. The van der Waals surface area contributed by atoms with Crippen LogP contribution in [0.25, 0.3) is 0 Å². The maximum atomic E-state index is 13.4. The number of nitrogens with one attached hydrogen (secondary N) is 1. The van der Waals surface area contributed by atoms with Gasteiger partial charge in [0.1, 0.15) is 5.82 Å². The van der Waals surface area contributed by atoms with E-state index in [4.69, 9.17) is 11.6 Å². The molecule has 0 heterocycles. The van der Waals surface area contributed by atoms with E-state index in [1.807, 2.05) is 13.1 Å². The van der Waals surface area contributed by atoms with E-state index in [-0.39, 0.29) is 11.9 Å². The van der Waals surface area contributed by atoms with E-state index in [2.05, 4.69) is 30.4 Å². The molecule has 2 aromatic carbocycles. The van der Waals surface area contributed by atoms with Gasteiger partial charge >= 0.3 is 0 Å². The van der Waals surface area contributed by atoms with Gasteiger partial charge in [0, 0.05) is 21.7 Å². The Bertz CT molecular complexity index is 588. The Morgan fingerprint density at radius 3 is 2.75 bits per heavy atom. The first-order chi connectivity index (χ1) is 9.60. The third-order valence-corrected chi connectivity index (χ3v) is 4.52. The molecule has 2 rings (SSSR count). The quantitative estimate of drug-likeness (QED) is 0.793. The maximum absolute atomic E-state index is 13.4. The fourth-order valence-electron chi connectivity index (χ4n) is 1.99. The normalized spacial score (nSPS) is 12.4. The number of hydrogen-bond donors (Lipinski definition) is 1. The highest BCUT2D eigenvalue weighted by Crippen LogP contribution is 2.29. The predicted molar refractivity (Wildman–Crippen MR) is 85.1 cm³/mol. The summed E-state index contributed by atoms with van der Waals surface area (Å²) in [7, 11) is 1.86. The van der Waals surface area contributed by atoms with Gasteiger partial charge in [0.25, 0.3) is 0 Å². The molecule has 0 bridgehead atoms. The average Bonchev–Trinajstić information content (AvgIpc) is 2.43. The van der Waals surface area contributed by atoms with Crippen LogP contribution >= 0.6 is 23.4 Å². The van der Waals surface area contributed by atoms with E-state index in [0.29, 0.717) is 5.02 Å². The van der Waals surface area contributed by atoms with Crippen LogP contribution in [-0.2, 0) is 0 Å². The summed E-state index contributed by atoms with van der Waals surface area (Å²) in [6.07, 6.45) is 0. The third kappa shape index (κ3) is 3.98. The van der Waals surface area contributed by atoms with Crippen LogP contribution in [0.2, 0.25) is 5.02 Å². The van der Waals surface area contributed by atoms with E-state index >= 15 is 0 Å². The monoisotopic (exact) mass is 309 g/mol. The van der Waals surface area contributed by atoms with Gasteiger partial charge < -0.3 is 5.32 Å². The highest BCUT2D eigenvalue weighted by Gasteiger charge is 2.14. The van der Waals surface area contributed by atoms with Crippen LogP contribution < -0.4 is 5.32 Å². The SMILES string of the molecule is CNC(CSc1cccc(C)c1)c1cc(F)ccc1Cl. The first-order valence-corrected chi connectivity index (χ1v) is 7.78. The van der Waals surface area contributed by atoms with Crippen molar-refractivity contribution in [2.24, 2.45) is 0 Å². The maximum Gasteiger partial charge on any atom is 0.123 e. The molecule has 1 nitrogen and oxygen atoms in total. The van der Waals surface area contributed by atoms with Crippen LogP contribution in [-0.4, -0.2) is 12.8 Å². The largest absolute Gasteiger partial charge is 0.312 e. The van der Waals surface area contributed by atoms with Crippen LogP contribution in [0.3, 0.4) is 0 Å². The minimum absolute atomic E-state index is 0.0173. The lowest BCUT2D eigenvalue weighted by Gasteiger charge is -2.18. The Labute approximate surface area is 128 Å². The van der Waals surface area contributed by atoms with Gasteiger partial charge in [-0.2, -0.15) is 0 Å². The van der Waals surface area contributed by atoms with Gasteiger partial charge in [0.2, 0.25) is 0 Å². The van der Waals surface area contributed by atoms with Crippen molar-refractivity contribution in [1.82, 2.24) is 5.32 Å². The molecule has 2 aromatic rings. The number of aryl methyl sites for hydroxylation is 1.